The summed E-state index contributed by atoms with van der Waals surface area (Å²) >= 11 is 0. The Bertz CT molecular complexity index is 543. The second-order valence-corrected chi connectivity index (χ2v) is 3.63. The molecule has 0 fully saturated rings. The molecule has 1 heterocycles. The molecule has 4 nitrogen and oxygen atoms in total. The first-order valence-electron chi connectivity index (χ1n) is 4.84. The number of nitrogens with zero attached hydrogens (tertiary/aromatic N) is 1. The van der Waals surface area contributed by atoms with Gasteiger partial charge in [-0.25, -0.2) is 9.78 Å². The van der Waals surface area contributed by atoms with Gasteiger partial charge in [-0.2, -0.15) is 0 Å². The summed E-state index contributed by atoms with van der Waals surface area (Å²) in [6.07, 6.45) is 1.15. The Labute approximate surface area is 92.6 Å². The molecule has 0 unspecified atom stereocenters. The van der Waals surface area contributed by atoms with E-state index in [1.54, 1.807) is 0 Å². The number of hydrogen-bond acceptors (Lipinski definition) is 3. The maximum Gasteiger partial charge on any atom is 0.358 e. The SMILES string of the molecule is Cc1ccc(-c2ocnc2C(=O)O)cc1C. The Kier molecular flexibility index (Phi) is 2.48. The Balaban J connectivity index is 2.54. The van der Waals surface area contributed by atoms with Crippen LogP contribution in [0.15, 0.2) is 29.0 Å². The highest BCUT2D eigenvalue weighted by Gasteiger charge is 2.17. The van der Waals surface area contributed by atoms with Gasteiger partial charge in [0, 0.05) is 5.56 Å². The van der Waals surface area contributed by atoms with Crippen molar-refractivity contribution in [1.29, 1.82) is 0 Å². The van der Waals surface area contributed by atoms with Gasteiger partial charge in [-0.15, -0.1) is 0 Å². The predicted molar refractivity (Wildman–Crippen MR) is 58.4 cm³/mol. The van der Waals surface area contributed by atoms with E-state index < -0.39 is 5.97 Å². The summed E-state index contributed by atoms with van der Waals surface area (Å²) in [7, 11) is 0. The molecule has 82 valence electrons. The summed E-state index contributed by atoms with van der Waals surface area (Å²) in [5, 5.41) is 8.92. The Hall–Kier alpha value is -2.10. The molecule has 2 rings (SSSR count). The van der Waals surface area contributed by atoms with Gasteiger partial charge in [0.25, 0.3) is 0 Å². The van der Waals surface area contributed by atoms with Gasteiger partial charge in [-0.3, -0.25) is 0 Å². The lowest BCUT2D eigenvalue weighted by molar-refractivity contribution is 0.0691. The number of aromatic carboxylic acids is 1. The zero-order valence-corrected chi connectivity index (χ0v) is 9.02. The molecule has 0 radical (unpaired) electrons. The standard InChI is InChI=1S/C12H11NO3/c1-7-3-4-9(5-8(7)2)11-10(12(14)15)13-6-16-11/h3-6H,1-2H3,(H,14,15). The largest absolute Gasteiger partial charge is 0.476 e. The molecule has 1 N–H and O–H groups in total. The highest BCUT2D eigenvalue weighted by Crippen LogP contribution is 2.25. The normalized spacial score (nSPS) is 10.4. The third-order valence-corrected chi connectivity index (χ3v) is 2.54. The number of benzene rings is 1. The van der Waals surface area contributed by atoms with Gasteiger partial charge in [0.05, 0.1) is 0 Å². The van der Waals surface area contributed by atoms with Crippen LogP contribution < -0.4 is 0 Å². The van der Waals surface area contributed by atoms with E-state index in [1.807, 2.05) is 32.0 Å². The third kappa shape index (κ3) is 1.69. The average molecular weight is 217 g/mol. The molecule has 1 aromatic carbocycles. The van der Waals surface area contributed by atoms with E-state index in [1.165, 1.54) is 0 Å². The van der Waals surface area contributed by atoms with Gasteiger partial charge < -0.3 is 9.52 Å². The summed E-state index contributed by atoms with van der Waals surface area (Å²) < 4.78 is 5.11. The lowest BCUT2D eigenvalue weighted by Gasteiger charge is -2.02. The molecular formula is C12H11NO3. The van der Waals surface area contributed by atoms with Gasteiger partial charge >= 0.3 is 5.97 Å². The molecule has 0 aliphatic carbocycles. The van der Waals surface area contributed by atoms with Crippen LogP contribution in [-0.2, 0) is 0 Å². The minimum atomic E-state index is -1.08. The molecule has 0 spiro atoms. The molecule has 0 aliphatic heterocycles. The number of carboxylic acids is 1. The molecule has 0 bridgehead atoms. The Morgan fingerprint density at radius 2 is 2.06 bits per heavy atom. The maximum atomic E-state index is 10.9. The Morgan fingerprint density at radius 1 is 1.31 bits per heavy atom. The number of aromatic nitrogens is 1. The summed E-state index contributed by atoms with van der Waals surface area (Å²) in [6.45, 7) is 3.97. The lowest BCUT2D eigenvalue weighted by Crippen LogP contribution is -1.98. The van der Waals surface area contributed by atoms with Crippen molar-refractivity contribution in [2.45, 2.75) is 13.8 Å². The fraction of sp³-hybridized carbons (Fsp3) is 0.167. The molecule has 0 amide bonds. The maximum absolute atomic E-state index is 10.9. The molecule has 16 heavy (non-hydrogen) atoms. The number of oxazole rings is 1. The Morgan fingerprint density at radius 3 is 2.69 bits per heavy atom. The molecule has 0 atom stereocenters. The molecule has 4 heteroatoms. The van der Waals surface area contributed by atoms with E-state index in [0.717, 1.165) is 23.1 Å². The summed E-state index contributed by atoms with van der Waals surface area (Å²) in [5.41, 5.74) is 2.92. The van der Waals surface area contributed by atoms with Crippen LogP contribution >= 0.6 is 0 Å². The fourth-order valence-electron chi connectivity index (χ4n) is 1.49. The van der Waals surface area contributed by atoms with Crippen molar-refractivity contribution in [3.8, 4) is 11.3 Å². The fourth-order valence-corrected chi connectivity index (χ4v) is 1.49. The molecule has 2 aromatic rings. The van der Waals surface area contributed by atoms with Crippen molar-refractivity contribution in [3.63, 3.8) is 0 Å². The van der Waals surface area contributed by atoms with Gasteiger partial charge in [0.15, 0.2) is 17.8 Å². The highest BCUT2D eigenvalue weighted by molar-refractivity contribution is 5.92. The van der Waals surface area contributed by atoms with Crippen molar-refractivity contribution in [3.05, 3.63) is 41.4 Å². The van der Waals surface area contributed by atoms with Gasteiger partial charge in [-0.05, 0) is 31.0 Å². The molecule has 0 saturated carbocycles. The number of carboxylic acid groups (broad SMARTS) is 1. The van der Waals surface area contributed by atoms with E-state index in [2.05, 4.69) is 4.98 Å². The quantitative estimate of drug-likeness (QED) is 0.839. The van der Waals surface area contributed by atoms with Crippen LogP contribution in [0.5, 0.6) is 0 Å². The second-order valence-electron chi connectivity index (χ2n) is 3.63. The topological polar surface area (TPSA) is 63.3 Å². The van der Waals surface area contributed by atoms with Crippen LogP contribution in [0.3, 0.4) is 0 Å². The average Bonchev–Trinajstić information content (AvgIpc) is 2.71. The molecule has 0 aliphatic rings. The lowest BCUT2D eigenvalue weighted by atomic mass is 10.0. The van der Waals surface area contributed by atoms with Crippen LogP contribution in [0.2, 0.25) is 0 Å². The predicted octanol–water partition coefficient (Wildman–Crippen LogP) is 2.66. The van der Waals surface area contributed by atoms with Gasteiger partial charge in [0.2, 0.25) is 0 Å². The zero-order chi connectivity index (χ0) is 11.7. The zero-order valence-electron chi connectivity index (χ0n) is 9.02. The van der Waals surface area contributed by atoms with Crippen molar-refractivity contribution >= 4 is 5.97 Å². The van der Waals surface area contributed by atoms with Crippen molar-refractivity contribution in [2.75, 3.05) is 0 Å². The van der Waals surface area contributed by atoms with E-state index in [4.69, 9.17) is 9.52 Å². The number of carbonyl (C=O) groups is 1. The minimum Gasteiger partial charge on any atom is -0.476 e. The van der Waals surface area contributed by atoms with Crippen LogP contribution in [0.4, 0.5) is 0 Å². The van der Waals surface area contributed by atoms with E-state index in [9.17, 15) is 4.79 Å². The monoisotopic (exact) mass is 217 g/mol. The van der Waals surface area contributed by atoms with E-state index in [0.29, 0.717) is 5.76 Å². The minimum absolute atomic E-state index is 0.0525. The van der Waals surface area contributed by atoms with Crippen LogP contribution in [0, 0.1) is 13.8 Å². The second kappa shape index (κ2) is 3.81. The first-order valence-corrected chi connectivity index (χ1v) is 4.84. The number of aryl methyl sites for hydroxylation is 2. The van der Waals surface area contributed by atoms with Crippen LogP contribution in [-0.4, -0.2) is 16.1 Å². The van der Waals surface area contributed by atoms with Crippen molar-refractivity contribution in [2.24, 2.45) is 0 Å². The van der Waals surface area contributed by atoms with E-state index in [-0.39, 0.29) is 5.69 Å². The third-order valence-electron chi connectivity index (χ3n) is 2.54. The molecular weight excluding hydrogens is 206 g/mol. The molecule has 0 saturated heterocycles. The van der Waals surface area contributed by atoms with E-state index >= 15 is 0 Å². The molecule has 1 aromatic heterocycles. The first-order chi connectivity index (χ1) is 7.59. The summed E-state index contributed by atoms with van der Waals surface area (Å²) in [5.74, 6) is -0.780. The highest BCUT2D eigenvalue weighted by atomic mass is 16.4. The van der Waals surface area contributed by atoms with Crippen LogP contribution in [0.25, 0.3) is 11.3 Å². The first kappa shape index (κ1) is 10.4. The van der Waals surface area contributed by atoms with Crippen molar-refractivity contribution in [1.82, 2.24) is 4.98 Å². The van der Waals surface area contributed by atoms with Gasteiger partial charge in [-0.1, -0.05) is 12.1 Å². The summed E-state index contributed by atoms with van der Waals surface area (Å²) in [4.78, 5) is 14.6. The summed E-state index contributed by atoms with van der Waals surface area (Å²) in [6, 6.07) is 5.65. The van der Waals surface area contributed by atoms with Crippen LogP contribution in [0.1, 0.15) is 21.6 Å². The van der Waals surface area contributed by atoms with Gasteiger partial charge in [0.1, 0.15) is 0 Å². The number of rotatable bonds is 2. The number of hydrogen-bond donors (Lipinski definition) is 1. The van der Waals surface area contributed by atoms with Crippen molar-refractivity contribution < 1.29 is 14.3 Å². The smallest absolute Gasteiger partial charge is 0.358 e.